The first-order valence-electron chi connectivity index (χ1n) is 11.8. The van der Waals surface area contributed by atoms with Crippen molar-refractivity contribution < 1.29 is 19.2 Å². The smallest absolute Gasteiger partial charge is 0.270 e. The summed E-state index contributed by atoms with van der Waals surface area (Å²) in [5, 5.41) is 19.6. The second-order valence-corrected chi connectivity index (χ2v) is 9.63. The molecule has 12 heteroatoms. The molecular formula is C26H20N6O5S. The molecule has 5 aromatic rings. The maximum absolute atomic E-state index is 13.2. The van der Waals surface area contributed by atoms with Crippen LogP contribution in [-0.4, -0.2) is 42.5 Å². The minimum Gasteiger partial charge on any atom is -0.454 e. The Kier molecular flexibility index (Phi) is 6.00. The van der Waals surface area contributed by atoms with Crippen LogP contribution in [0.3, 0.4) is 0 Å². The molecule has 1 amide bonds. The van der Waals surface area contributed by atoms with Crippen LogP contribution >= 0.6 is 11.8 Å². The number of anilines is 1. The van der Waals surface area contributed by atoms with Crippen molar-refractivity contribution in [2.45, 2.75) is 23.8 Å². The van der Waals surface area contributed by atoms with Gasteiger partial charge in [0.2, 0.25) is 12.7 Å². The summed E-state index contributed by atoms with van der Waals surface area (Å²) in [6.07, 6.45) is 0.531. The maximum Gasteiger partial charge on any atom is 0.270 e. The topological polar surface area (TPSA) is 134 Å². The molecule has 2 aromatic heterocycles. The zero-order chi connectivity index (χ0) is 26.2. The number of nitrogens with one attached hydrogen (secondary N) is 1. The van der Waals surface area contributed by atoms with E-state index < -0.39 is 10.2 Å². The van der Waals surface area contributed by atoms with Gasteiger partial charge in [0.25, 0.3) is 5.69 Å². The van der Waals surface area contributed by atoms with E-state index in [-0.39, 0.29) is 18.4 Å². The number of hydrogen-bond acceptors (Lipinski definition) is 9. The van der Waals surface area contributed by atoms with Crippen LogP contribution in [0.4, 0.5) is 11.4 Å². The number of ether oxygens (including phenoxy) is 2. The van der Waals surface area contributed by atoms with E-state index in [1.807, 2.05) is 31.2 Å². The van der Waals surface area contributed by atoms with E-state index in [1.54, 1.807) is 34.8 Å². The third-order valence-electron chi connectivity index (χ3n) is 6.02. The van der Waals surface area contributed by atoms with Gasteiger partial charge >= 0.3 is 0 Å². The zero-order valence-electron chi connectivity index (χ0n) is 20.0. The number of para-hydroxylation sites is 1. The lowest BCUT2D eigenvalue weighted by Gasteiger charge is -2.15. The predicted octanol–water partition coefficient (Wildman–Crippen LogP) is 5.09. The van der Waals surface area contributed by atoms with Gasteiger partial charge in [-0.3, -0.25) is 14.9 Å². The van der Waals surface area contributed by atoms with Crippen LogP contribution in [0.25, 0.3) is 27.9 Å². The Morgan fingerprint density at radius 2 is 1.95 bits per heavy atom. The van der Waals surface area contributed by atoms with Crippen molar-refractivity contribution >= 4 is 45.6 Å². The molecule has 0 saturated heterocycles. The standard InChI is InChI=1S/C26H20N6O5S/c1-2-22(25(33)27-16-10-11-20-21(13-16)37-14-36-20)38-26-28-19-9-4-3-8-18(19)24-29-23(30-31(24)26)15-6-5-7-17(12-15)32(34)35/h3-13,22H,2,14H2,1H3,(H,27,33)/t22-/m1/s1. The van der Waals surface area contributed by atoms with E-state index >= 15 is 0 Å². The third-order valence-corrected chi connectivity index (χ3v) is 7.32. The van der Waals surface area contributed by atoms with E-state index in [0.717, 1.165) is 5.39 Å². The number of aromatic nitrogens is 4. The number of hydrogen-bond donors (Lipinski definition) is 1. The predicted molar refractivity (Wildman–Crippen MR) is 142 cm³/mol. The molecule has 11 nitrogen and oxygen atoms in total. The summed E-state index contributed by atoms with van der Waals surface area (Å²) in [5.74, 6) is 1.35. The molecule has 1 aliphatic heterocycles. The molecule has 38 heavy (non-hydrogen) atoms. The first kappa shape index (κ1) is 23.7. The van der Waals surface area contributed by atoms with Crippen LogP contribution in [0, 0.1) is 10.1 Å². The van der Waals surface area contributed by atoms with Gasteiger partial charge < -0.3 is 14.8 Å². The van der Waals surface area contributed by atoms with Crippen LogP contribution in [-0.2, 0) is 4.79 Å². The van der Waals surface area contributed by atoms with Gasteiger partial charge in [-0.2, -0.15) is 4.52 Å². The quantitative estimate of drug-likeness (QED) is 0.133. The molecule has 0 saturated carbocycles. The Labute approximate surface area is 220 Å². The van der Waals surface area contributed by atoms with Gasteiger partial charge in [0.15, 0.2) is 28.1 Å². The molecule has 0 aliphatic carbocycles. The number of thioether (sulfide) groups is 1. The first-order chi connectivity index (χ1) is 18.5. The molecule has 190 valence electrons. The zero-order valence-corrected chi connectivity index (χ0v) is 20.8. The number of rotatable bonds is 7. The number of non-ortho nitro benzene ring substituents is 1. The SMILES string of the molecule is CC[C@@H](Sc1nc2ccccc2c2nc(-c3cccc([N+](=O)[O-])c3)nn12)C(=O)Nc1ccc2c(c1)OCO2. The molecule has 0 radical (unpaired) electrons. The van der Waals surface area contributed by atoms with Crippen molar-refractivity contribution in [1.29, 1.82) is 0 Å². The Balaban J connectivity index is 1.36. The van der Waals surface area contributed by atoms with Gasteiger partial charge in [-0.15, -0.1) is 5.10 Å². The summed E-state index contributed by atoms with van der Waals surface area (Å²) in [6, 6.07) is 18.9. The minimum atomic E-state index is -0.484. The van der Waals surface area contributed by atoms with Crippen molar-refractivity contribution in [2.75, 3.05) is 12.1 Å². The number of carbonyl (C=O) groups excluding carboxylic acids is 1. The van der Waals surface area contributed by atoms with E-state index in [4.69, 9.17) is 19.4 Å². The number of benzene rings is 3. The molecule has 0 unspecified atom stereocenters. The van der Waals surface area contributed by atoms with Gasteiger partial charge in [-0.1, -0.05) is 43.0 Å². The van der Waals surface area contributed by atoms with Crippen LogP contribution in [0.15, 0.2) is 71.9 Å². The average molecular weight is 529 g/mol. The molecule has 3 heterocycles. The Morgan fingerprint density at radius 3 is 2.79 bits per heavy atom. The molecule has 0 bridgehead atoms. The summed E-state index contributed by atoms with van der Waals surface area (Å²) >= 11 is 1.28. The highest BCUT2D eigenvalue weighted by Gasteiger charge is 2.24. The lowest BCUT2D eigenvalue weighted by Crippen LogP contribution is -2.25. The van der Waals surface area contributed by atoms with E-state index in [2.05, 4.69) is 10.4 Å². The van der Waals surface area contributed by atoms with Gasteiger partial charge in [0.05, 0.1) is 15.7 Å². The summed E-state index contributed by atoms with van der Waals surface area (Å²) in [5.41, 5.74) is 2.31. The second kappa shape index (κ2) is 9.63. The van der Waals surface area contributed by atoms with Gasteiger partial charge in [-0.05, 0) is 30.7 Å². The normalized spacial score (nSPS) is 13.1. The highest BCUT2D eigenvalue weighted by atomic mass is 32.2. The molecule has 1 aliphatic rings. The van der Waals surface area contributed by atoms with Gasteiger partial charge in [-0.25, -0.2) is 9.97 Å². The number of nitro groups is 1. The molecular weight excluding hydrogens is 508 g/mol. The molecule has 6 rings (SSSR count). The van der Waals surface area contributed by atoms with Gasteiger partial charge in [0.1, 0.15) is 0 Å². The molecule has 0 spiro atoms. The van der Waals surface area contributed by atoms with E-state index in [0.29, 0.717) is 51.3 Å². The summed E-state index contributed by atoms with van der Waals surface area (Å²) in [6.45, 7) is 2.07. The van der Waals surface area contributed by atoms with E-state index in [1.165, 1.54) is 23.9 Å². The van der Waals surface area contributed by atoms with E-state index in [9.17, 15) is 14.9 Å². The van der Waals surface area contributed by atoms with Crippen LogP contribution in [0.2, 0.25) is 0 Å². The molecule has 3 aromatic carbocycles. The van der Waals surface area contributed by atoms with Crippen LogP contribution in [0.1, 0.15) is 13.3 Å². The number of nitrogens with zero attached hydrogens (tertiary/aromatic N) is 5. The minimum absolute atomic E-state index is 0.0508. The van der Waals surface area contributed by atoms with Crippen molar-refractivity contribution in [3.8, 4) is 22.9 Å². The summed E-state index contributed by atoms with van der Waals surface area (Å²) < 4.78 is 12.3. The lowest BCUT2D eigenvalue weighted by atomic mass is 10.2. The van der Waals surface area contributed by atoms with Crippen molar-refractivity contribution in [2.24, 2.45) is 0 Å². The lowest BCUT2D eigenvalue weighted by molar-refractivity contribution is -0.384. The first-order valence-corrected chi connectivity index (χ1v) is 12.7. The molecule has 0 fully saturated rings. The number of fused-ring (bicyclic) bond motifs is 4. The van der Waals surface area contributed by atoms with Crippen molar-refractivity contribution in [3.05, 3.63) is 76.8 Å². The Hall–Kier alpha value is -4.71. The number of amides is 1. The second-order valence-electron chi connectivity index (χ2n) is 8.46. The fourth-order valence-corrected chi connectivity index (χ4v) is 5.10. The van der Waals surface area contributed by atoms with Crippen LogP contribution < -0.4 is 14.8 Å². The summed E-state index contributed by atoms with van der Waals surface area (Å²) in [7, 11) is 0. The van der Waals surface area contributed by atoms with Crippen molar-refractivity contribution in [1.82, 2.24) is 19.6 Å². The highest BCUT2D eigenvalue weighted by Crippen LogP contribution is 2.35. The molecule has 1 atom stereocenters. The highest BCUT2D eigenvalue weighted by molar-refractivity contribution is 8.00. The Bertz CT molecular complexity index is 1720. The largest absolute Gasteiger partial charge is 0.454 e. The Morgan fingerprint density at radius 1 is 1.11 bits per heavy atom. The monoisotopic (exact) mass is 528 g/mol. The average Bonchev–Trinajstić information content (AvgIpc) is 3.59. The van der Waals surface area contributed by atoms with Crippen LogP contribution in [0.5, 0.6) is 11.5 Å². The summed E-state index contributed by atoms with van der Waals surface area (Å²) in [4.78, 5) is 33.5. The number of carbonyl (C=O) groups is 1. The number of nitro benzene ring substituents is 1. The maximum atomic E-state index is 13.2. The fourth-order valence-electron chi connectivity index (χ4n) is 4.13. The fraction of sp³-hybridized carbons (Fsp3) is 0.154. The molecule has 1 N–H and O–H groups in total. The third kappa shape index (κ3) is 4.34. The van der Waals surface area contributed by atoms with Crippen molar-refractivity contribution in [3.63, 3.8) is 0 Å². The van der Waals surface area contributed by atoms with Gasteiger partial charge in [0, 0.05) is 34.8 Å².